The molecule has 2 amide bonds. The van der Waals surface area contributed by atoms with Crippen molar-refractivity contribution >= 4 is 29.0 Å². The van der Waals surface area contributed by atoms with Crippen LogP contribution in [0.1, 0.15) is 29.5 Å². The van der Waals surface area contributed by atoms with Crippen molar-refractivity contribution in [3.63, 3.8) is 0 Å². The second-order valence-electron chi connectivity index (χ2n) is 7.60. The standard InChI is InChI=1S/C23H23N3O3/c1-23(26-22(28)29,12-17-14-24-20-9-5-4-8-19(17)20)21(27)25-13-16-11-10-15-6-2-3-7-18(15)16/h2-11,14,16,24,26H,12-13H2,1H3,(H,25,27)(H,28,29). The van der Waals surface area contributed by atoms with Crippen LogP contribution in [-0.4, -0.2) is 34.2 Å². The summed E-state index contributed by atoms with van der Waals surface area (Å²) in [5.74, 6) is -0.264. The molecule has 1 aliphatic carbocycles. The summed E-state index contributed by atoms with van der Waals surface area (Å²) in [6.45, 7) is 2.04. The van der Waals surface area contributed by atoms with Gasteiger partial charge in [0.05, 0.1) is 0 Å². The van der Waals surface area contributed by atoms with Crippen molar-refractivity contribution in [2.75, 3.05) is 6.54 Å². The minimum absolute atomic E-state index is 0.0808. The lowest BCUT2D eigenvalue weighted by Gasteiger charge is -2.29. The zero-order chi connectivity index (χ0) is 20.4. The van der Waals surface area contributed by atoms with Crippen LogP contribution in [0.3, 0.4) is 0 Å². The Kier molecular flexibility index (Phi) is 4.84. The Bertz CT molecular complexity index is 1100. The van der Waals surface area contributed by atoms with Crippen LogP contribution in [0.5, 0.6) is 0 Å². The van der Waals surface area contributed by atoms with Gasteiger partial charge < -0.3 is 20.7 Å². The predicted octanol–water partition coefficient (Wildman–Crippen LogP) is 3.66. The van der Waals surface area contributed by atoms with Gasteiger partial charge in [0.2, 0.25) is 5.91 Å². The number of aromatic amines is 1. The zero-order valence-corrected chi connectivity index (χ0v) is 16.1. The number of para-hydroxylation sites is 1. The number of amides is 2. The van der Waals surface area contributed by atoms with Crippen molar-refractivity contribution in [1.29, 1.82) is 0 Å². The van der Waals surface area contributed by atoms with Crippen molar-refractivity contribution in [3.05, 3.63) is 77.5 Å². The molecule has 29 heavy (non-hydrogen) atoms. The van der Waals surface area contributed by atoms with Gasteiger partial charge in [-0.2, -0.15) is 0 Å². The molecule has 3 aromatic rings. The van der Waals surface area contributed by atoms with Gasteiger partial charge in [-0.3, -0.25) is 4.79 Å². The van der Waals surface area contributed by atoms with Crippen LogP contribution < -0.4 is 10.6 Å². The molecule has 1 aromatic heterocycles. The van der Waals surface area contributed by atoms with Crippen molar-refractivity contribution in [2.45, 2.75) is 24.8 Å². The van der Waals surface area contributed by atoms with Crippen molar-refractivity contribution in [1.82, 2.24) is 15.6 Å². The van der Waals surface area contributed by atoms with Crippen molar-refractivity contribution in [3.8, 4) is 0 Å². The molecule has 2 atom stereocenters. The quantitative estimate of drug-likeness (QED) is 0.518. The lowest BCUT2D eigenvalue weighted by molar-refractivity contribution is -0.126. The van der Waals surface area contributed by atoms with E-state index >= 15 is 0 Å². The van der Waals surface area contributed by atoms with Gasteiger partial charge >= 0.3 is 6.09 Å². The maximum Gasteiger partial charge on any atom is 0.405 e. The molecule has 0 saturated heterocycles. The number of hydrogen-bond donors (Lipinski definition) is 4. The number of rotatable bonds is 6. The van der Waals surface area contributed by atoms with E-state index in [0.29, 0.717) is 6.54 Å². The summed E-state index contributed by atoms with van der Waals surface area (Å²) >= 11 is 0. The largest absolute Gasteiger partial charge is 0.465 e. The highest BCUT2D eigenvalue weighted by atomic mass is 16.4. The third-order valence-electron chi connectivity index (χ3n) is 5.49. The number of nitrogens with one attached hydrogen (secondary N) is 3. The fourth-order valence-electron chi connectivity index (χ4n) is 3.98. The van der Waals surface area contributed by atoms with E-state index in [0.717, 1.165) is 27.6 Å². The highest BCUT2D eigenvalue weighted by Gasteiger charge is 2.36. The Morgan fingerprint density at radius 1 is 1.14 bits per heavy atom. The number of aromatic nitrogens is 1. The third kappa shape index (κ3) is 3.74. The first-order valence-corrected chi connectivity index (χ1v) is 9.58. The molecule has 0 aliphatic heterocycles. The molecule has 6 heteroatoms. The van der Waals surface area contributed by atoms with Crippen LogP contribution >= 0.6 is 0 Å². The maximum absolute atomic E-state index is 13.1. The summed E-state index contributed by atoms with van der Waals surface area (Å²) in [7, 11) is 0. The lowest BCUT2D eigenvalue weighted by atomic mass is 9.91. The fraction of sp³-hybridized carbons (Fsp3) is 0.217. The van der Waals surface area contributed by atoms with Gasteiger partial charge in [-0.1, -0.05) is 54.6 Å². The molecule has 148 valence electrons. The molecule has 2 unspecified atom stereocenters. The molecule has 4 rings (SSSR count). The van der Waals surface area contributed by atoms with Gasteiger partial charge in [-0.15, -0.1) is 0 Å². The van der Waals surface area contributed by atoms with Gasteiger partial charge in [0.15, 0.2) is 0 Å². The molecule has 0 bridgehead atoms. The molecular formula is C23H23N3O3. The smallest absolute Gasteiger partial charge is 0.405 e. The number of fused-ring (bicyclic) bond motifs is 2. The molecule has 0 fully saturated rings. The van der Waals surface area contributed by atoms with E-state index in [1.54, 1.807) is 6.92 Å². The Hall–Kier alpha value is -3.54. The topological polar surface area (TPSA) is 94.2 Å². The summed E-state index contributed by atoms with van der Waals surface area (Å²) in [5.41, 5.74) is 2.86. The number of benzene rings is 2. The van der Waals surface area contributed by atoms with Crippen molar-refractivity contribution < 1.29 is 14.7 Å². The Morgan fingerprint density at radius 3 is 2.72 bits per heavy atom. The van der Waals surface area contributed by atoms with Gasteiger partial charge in [-0.05, 0) is 29.7 Å². The zero-order valence-electron chi connectivity index (χ0n) is 16.1. The van der Waals surface area contributed by atoms with Crippen molar-refractivity contribution in [2.24, 2.45) is 0 Å². The number of carboxylic acid groups (broad SMARTS) is 1. The summed E-state index contributed by atoms with van der Waals surface area (Å²) in [5, 5.41) is 15.7. The molecule has 1 heterocycles. The van der Waals surface area contributed by atoms with Crippen LogP contribution in [0.2, 0.25) is 0 Å². The molecule has 4 N–H and O–H groups in total. The average Bonchev–Trinajstić information content (AvgIpc) is 3.30. The Balaban J connectivity index is 1.52. The minimum Gasteiger partial charge on any atom is -0.465 e. The van der Waals surface area contributed by atoms with Crippen LogP contribution in [0.4, 0.5) is 4.79 Å². The van der Waals surface area contributed by atoms with Crippen LogP contribution in [0.25, 0.3) is 17.0 Å². The van der Waals surface area contributed by atoms with Gasteiger partial charge in [0.1, 0.15) is 5.54 Å². The first kappa shape index (κ1) is 18.8. The summed E-state index contributed by atoms with van der Waals surface area (Å²) in [4.78, 5) is 27.7. The molecule has 0 radical (unpaired) electrons. The minimum atomic E-state index is -1.29. The number of carbonyl (C=O) groups excluding carboxylic acids is 1. The summed E-state index contributed by atoms with van der Waals surface area (Å²) < 4.78 is 0. The monoisotopic (exact) mass is 389 g/mol. The highest BCUT2D eigenvalue weighted by Crippen LogP contribution is 2.29. The second kappa shape index (κ2) is 7.47. The molecule has 2 aromatic carbocycles. The molecule has 6 nitrogen and oxygen atoms in total. The second-order valence-corrected chi connectivity index (χ2v) is 7.60. The summed E-state index contributed by atoms with van der Waals surface area (Å²) in [6, 6.07) is 15.8. The van der Waals surface area contributed by atoms with Crippen LogP contribution in [0.15, 0.2) is 60.8 Å². The number of hydrogen-bond acceptors (Lipinski definition) is 2. The van der Waals surface area contributed by atoms with E-state index in [9.17, 15) is 14.7 Å². The van der Waals surface area contributed by atoms with E-state index in [-0.39, 0.29) is 18.2 Å². The molecular weight excluding hydrogens is 366 g/mol. The lowest BCUT2D eigenvalue weighted by Crippen LogP contribution is -2.58. The van der Waals surface area contributed by atoms with E-state index in [1.807, 2.05) is 60.8 Å². The third-order valence-corrected chi connectivity index (χ3v) is 5.49. The number of H-pyrrole nitrogens is 1. The van der Waals surface area contributed by atoms with Crippen LogP contribution in [0, 0.1) is 0 Å². The van der Waals surface area contributed by atoms with Crippen LogP contribution in [-0.2, 0) is 11.2 Å². The molecule has 0 saturated carbocycles. The maximum atomic E-state index is 13.1. The Labute approximate surface area is 168 Å². The highest BCUT2D eigenvalue weighted by molar-refractivity contribution is 5.91. The number of carbonyl (C=O) groups is 2. The van der Waals surface area contributed by atoms with Gasteiger partial charge in [-0.25, -0.2) is 4.79 Å². The Morgan fingerprint density at radius 2 is 1.90 bits per heavy atom. The van der Waals surface area contributed by atoms with E-state index in [4.69, 9.17) is 0 Å². The first-order valence-electron chi connectivity index (χ1n) is 9.58. The first-order chi connectivity index (χ1) is 14.0. The predicted molar refractivity (Wildman–Crippen MR) is 113 cm³/mol. The summed E-state index contributed by atoms with van der Waals surface area (Å²) in [6.07, 6.45) is 4.95. The van der Waals surface area contributed by atoms with E-state index in [2.05, 4.69) is 21.7 Å². The normalized spacial score (nSPS) is 16.9. The molecule has 0 spiro atoms. The average molecular weight is 389 g/mol. The fourth-order valence-corrected chi connectivity index (χ4v) is 3.98. The SMILES string of the molecule is CC(Cc1c[nH]c2ccccc12)(NC(=O)O)C(=O)NCC1C=Cc2ccccc21. The van der Waals surface area contributed by atoms with E-state index in [1.165, 1.54) is 0 Å². The van der Waals surface area contributed by atoms with E-state index < -0.39 is 11.6 Å². The van der Waals surface area contributed by atoms with Gasteiger partial charge in [0, 0.05) is 36.0 Å². The van der Waals surface area contributed by atoms with Gasteiger partial charge in [0.25, 0.3) is 0 Å². The molecule has 1 aliphatic rings.